The van der Waals surface area contributed by atoms with Crippen molar-refractivity contribution in [1.29, 1.82) is 0 Å². The molecular formula is C26H29N3O7S. The highest BCUT2D eigenvalue weighted by atomic mass is 32.1. The number of fused-ring (bicyclic) bond motifs is 1. The van der Waals surface area contributed by atoms with Gasteiger partial charge in [-0.3, -0.25) is 14.9 Å². The molecule has 196 valence electrons. The topological polar surface area (TPSA) is 134 Å². The molecule has 1 fully saturated rings. The fourth-order valence-electron chi connectivity index (χ4n) is 4.32. The van der Waals surface area contributed by atoms with Gasteiger partial charge in [-0.05, 0) is 74.9 Å². The SMILES string of the molecule is C[C@@H](O)[C@H]1C(=O)N2C(C(=O)OCOC(=O)C(C)(C)C)=C(c3ccc(NC(=O)Nc4cccs4)cc3)C[C@H]12. The van der Waals surface area contributed by atoms with E-state index in [1.807, 2.05) is 11.4 Å². The maximum atomic E-state index is 13.0. The van der Waals surface area contributed by atoms with Crippen molar-refractivity contribution >= 4 is 51.5 Å². The van der Waals surface area contributed by atoms with E-state index in [-0.39, 0.29) is 23.7 Å². The van der Waals surface area contributed by atoms with E-state index in [1.165, 1.54) is 16.2 Å². The second-order valence-electron chi connectivity index (χ2n) is 9.94. The second kappa shape index (κ2) is 10.3. The molecule has 3 amide bonds. The highest BCUT2D eigenvalue weighted by Crippen LogP contribution is 2.47. The number of nitrogens with zero attached hydrogens (tertiary/aromatic N) is 1. The van der Waals surface area contributed by atoms with Crippen molar-refractivity contribution < 1.29 is 33.8 Å². The first-order valence-corrected chi connectivity index (χ1v) is 12.7. The van der Waals surface area contributed by atoms with Gasteiger partial charge in [0.15, 0.2) is 0 Å². The van der Waals surface area contributed by atoms with Crippen molar-refractivity contribution in [2.75, 3.05) is 17.4 Å². The van der Waals surface area contributed by atoms with Crippen molar-refractivity contribution in [3.63, 3.8) is 0 Å². The molecule has 0 unspecified atom stereocenters. The lowest BCUT2D eigenvalue weighted by molar-refractivity contribution is -0.175. The molecule has 11 heteroatoms. The Bertz CT molecular complexity index is 1230. The molecule has 2 aliphatic heterocycles. The van der Waals surface area contributed by atoms with Crippen molar-refractivity contribution in [1.82, 2.24) is 4.90 Å². The summed E-state index contributed by atoms with van der Waals surface area (Å²) in [4.78, 5) is 51.4. The van der Waals surface area contributed by atoms with E-state index < -0.39 is 36.2 Å². The molecule has 10 nitrogen and oxygen atoms in total. The van der Waals surface area contributed by atoms with Crippen molar-refractivity contribution in [3.05, 3.63) is 53.0 Å². The molecule has 37 heavy (non-hydrogen) atoms. The number of ether oxygens (including phenoxy) is 2. The minimum absolute atomic E-state index is 0.0647. The Labute approximate surface area is 218 Å². The van der Waals surface area contributed by atoms with Crippen LogP contribution >= 0.6 is 11.3 Å². The molecule has 0 spiro atoms. The van der Waals surface area contributed by atoms with Crippen LogP contribution in [0.5, 0.6) is 0 Å². The van der Waals surface area contributed by atoms with Gasteiger partial charge in [-0.1, -0.05) is 12.1 Å². The number of hydrogen-bond donors (Lipinski definition) is 3. The Morgan fingerprint density at radius 3 is 2.43 bits per heavy atom. The Balaban J connectivity index is 1.51. The van der Waals surface area contributed by atoms with Gasteiger partial charge in [0, 0.05) is 5.69 Å². The Morgan fingerprint density at radius 1 is 1.14 bits per heavy atom. The lowest BCUT2D eigenvalue weighted by atomic mass is 9.82. The number of β-lactam (4-membered cyclic amide) rings is 1. The normalized spacial score (nSPS) is 19.6. The minimum Gasteiger partial charge on any atom is -0.427 e. The van der Waals surface area contributed by atoms with Gasteiger partial charge in [0.1, 0.15) is 5.70 Å². The van der Waals surface area contributed by atoms with Crippen LogP contribution in [-0.2, 0) is 23.9 Å². The molecule has 2 aromatic rings. The number of anilines is 2. The minimum atomic E-state index is -0.869. The lowest BCUT2D eigenvalue weighted by Crippen LogP contribution is -2.61. The molecule has 0 radical (unpaired) electrons. The van der Waals surface area contributed by atoms with E-state index in [0.717, 1.165) is 0 Å². The largest absolute Gasteiger partial charge is 0.427 e. The van der Waals surface area contributed by atoms with Gasteiger partial charge in [-0.25, -0.2) is 9.59 Å². The highest BCUT2D eigenvalue weighted by Gasteiger charge is 2.57. The molecule has 0 aliphatic carbocycles. The van der Waals surface area contributed by atoms with E-state index in [4.69, 9.17) is 9.47 Å². The third-order valence-electron chi connectivity index (χ3n) is 6.16. The van der Waals surface area contributed by atoms with Gasteiger partial charge in [0.2, 0.25) is 12.7 Å². The van der Waals surface area contributed by atoms with Gasteiger partial charge in [0.05, 0.1) is 28.5 Å². The van der Waals surface area contributed by atoms with Gasteiger partial charge in [0.25, 0.3) is 0 Å². The van der Waals surface area contributed by atoms with Crippen LogP contribution in [0.25, 0.3) is 5.57 Å². The van der Waals surface area contributed by atoms with Gasteiger partial charge < -0.3 is 24.8 Å². The summed E-state index contributed by atoms with van der Waals surface area (Å²) in [6, 6.07) is 9.69. The molecule has 2 aliphatic rings. The quantitative estimate of drug-likeness (QED) is 0.283. The number of rotatable bonds is 7. The third-order valence-corrected chi connectivity index (χ3v) is 6.95. The molecule has 1 aromatic heterocycles. The van der Waals surface area contributed by atoms with Crippen LogP contribution in [-0.4, -0.2) is 52.8 Å². The summed E-state index contributed by atoms with van der Waals surface area (Å²) in [6.45, 7) is 6.00. The number of thiophene rings is 1. The number of carbonyl (C=O) groups is 4. The average Bonchev–Trinajstić information content (AvgIpc) is 3.44. The fourth-order valence-corrected chi connectivity index (χ4v) is 4.93. The number of carbonyl (C=O) groups excluding carboxylic acids is 4. The number of nitrogens with one attached hydrogen (secondary N) is 2. The molecule has 1 saturated heterocycles. The van der Waals surface area contributed by atoms with E-state index >= 15 is 0 Å². The van der Waals surface area contributed by atoms with E-state index in [2.05, 4.69) is 10.6 Å². The van der Waals surface area contributed by atoms with Crippen LogP contribution in [0, 0.1) is 11.3 Å². The summed E-state index contributed by atoms with van der Waals surface area (Å²) >= 11 is 1.40. The summed E-state index contributed by atoms with van der Waals surface area (Å²) in [7, 11) is 0. The standard InChI is InChI=1S/C26H29N3O7S/c1-14(30)20-18-12-17(15-7-9-16(10-8-15)27-25(34)28-19-6-5-11-37-19)21(29(18)22(20)31)23(32)35-13-36-24(33)26(2,3)4/h5-11,14,18,20,30H,12-13H2,1-4H3,(H2,27,28,34)/t14-,18-,20-/m1/s1. The Hall–Kier alpha value is -3.70. The predicted octanol–water partition coefficient (Wildman–Crippen LogP) is 3.80. The van der Waals surface area contributed by atoms with E-state index in [1.54, 1.807) is 58.0 Å². The molecule has 0 bridgehead atoms. The molecular weight excluding hydrogens is 498 g/mol. The van der Waals surface area contributed by atoms with Crippen LogP contribution in [0.4, 0.5) is 15.5 Å². The molecule has 3 N–H and O–H groups in total. The number of hydrogen-bond acceptors (Lipinski definition) is 8. The summed E-state index contributed by atoms with van der Waals surface area (Å²) in [5.41, 5.74) is 1.08. The third kappa shape index (κ3) is 5.52. The first-order valence-electron chi connectivity index (χ1n) is 11.8. The first-order chi connectivity index (χ1) is 17.5. The van der Waals surface area contributed by atoms with Crippen LogP contribution in [0.2, 0.25) is 0 Å². The summed E-state index contributed by atoms with van der Waals surface area (Å²) in [6.07, 6.45) is -0.523. The molecule has 0 saturated carbocycles. The molecule has 3 atom stereocenters. The van der Waals surface area contributed by atoms with Crippen LogP contribution in [0.3, 0.4) is 0 Å². The number of urea groups is 1. The average molecular weight is 528 g/mol. The second-order valence-corrected chi connectivity index (χ2v) is 10.9. The van der Waals surface area contributed by atoms with Crippen LogP contribution < -0.4 is 10.6 Å². The van der Waals surface area contributed by atoms with Crippen molar-refractivity contribution in [2.45, 2.75) is 46.3 Å². The Morgan fingerprint density at radius 2 is 1.84 bits per heavy atom. The zero-order valence-electron chi connectivity index (χ0n) is 20.9. The zero-order valence-corrected chi connectivity index (χ0v) is 21.8. The van der Waals surface area contributed by atoms with Crippen molar-refractivity contribution in [3.8, 4) is 0 Å². The number of aliphatic hydroxyl groups excluding tert-OH is 1. The van der Waals surface area contributed by atoms with Gasteiger partial charge >= 0.3 is 18.0 Å². The predicted molar refractivity (Wildman–Crippen MR) is 137 cm³/mol. The number of benzene rings is 1. The molecule has 1 aromatic carbocycles. The Kier molecular flexibility index (Phi) is 7.37. The maximum Gasteiger partial charge on any atom is 0.358 e. The van der Waals surface area contributed by atoms with Crippen LogP contribution in [0.1, 0.15) is 39.7 Å². The summed E-state index contributed by atoms with van der Waals surface area (Å²) < 4.78 is 10.2. The lowest BCUT2D eigenvalue weighted by Gasteiger charge is -2.44. The highest BCUT2D eigenvalue weighted by molar-refractivity contribution is 7.14. The summed E-state index contributed by atoms with van der Waals surface area (Å²) in [5, 5.41) is 18.1. The smallest absolute Gasteiger partial charge is 0.358 e. The fraction of sp³-hybridized carbons (Fsp3) is 0.385. The molecule has 3 heterocycles. The van der Waals surface area contributed by atoms with Gasteiger partial charge in [-0.15, -0.1) is 11.3 Å². The first kappa shape index (κ1) is 26.4. The van der Waals surface area contributed by atoms with E-state index in [0.29, 0.717) is 28.2 Å². The van der Waals surface area contributed by atoms with E-state index in [9.17, 15) is 24.3 Å². The zero-order chi connectivity index (χ0) is 26.9. The molecule has 4 rings (SSSR count). The number of esters is 2. The maximum absolute atomic E-state index is 13.0. The number of aliphatic hydroxyl groups is 1. The summed E-state index contributed by atoms with van der Waals surface area (Å²) in [5.74, 6) is -2.31. The van der Waals surface area contributed by atoms with Crippen LogP contribution in [0.15, 0.2) is 47.5 Å². The van der Waals surface area contributed by atoms with Gasteiger partial charge in [-0.2, -0.15) is 0 Å². The van der Waals surface area contributed by atoms with Crippen molar-refractivity contribution in [2.24, 2.45) is 11.3 Å². The number of amides is 3. The monoisotopic (exact) mass is 527 g/mol.